The van der Waals surface area contributed by atoms with Crippen molar-refractivity contribution in [2.24, 2.45) is 0 Å². The molecule has 354 valence electrons. The Morgan fingerprint density at radius 2 is 0.556 bits per heavy atom. The summed E-state index contributed by atoms with van der Waals surface area (Å²) >= 11 is 0. The zero-order chi connectivity index (χ0) is 50.6. The molecule has 0 amide bonds. The van der Waals surface area contributed by atoms with Crippen LogP contribution in [0.1, 0.15) is 144 Å². The molecule has 0 unspecified atom stereocenters. The van der Waals surface area contributed by atoms with E-state index in [9.17, 15) is 4.79 Å². The molecule has 0 saturated carbocycles. The van der Waals surface area contributed by atoms with Crippen LogP contribution < -0.4 is 0 Å². The summed E-state index contributed by atoms with van der Waals surface area (Å²) in [4.78, 5) is 14.0. The molecule has 2 heterocycles. The summed E-state index contributed by atoms with van der Waals surface area (Å²) in [6, 6.07) is 56.7. The van der Waals surface area contributed by atoms with E-state index in [2.05, 4.69) is 237 Å². The van der Waals surface area contributed by atoms with Gasteiger partial charge in [-0.25, -0.2) is 0 Å². The minimum atomic E-state index is 0.00633. The first-order valence-electron chi connectivity index (χ1n) is 25.4. The van der Waals surface area contributed by atoms with Crippen molar-refractivity contribution in [3.63, 3.8) is 0 Å². The Labute approximate surface area is 425 Å². The molecule has 3 nitrogen and oxygen atoms in total. The minimum Gasteiger partial charge on any atom is -0.309 e. The van der Waals surface area contributed by atoms with Gasteiger partial charge in [0.25, 0.3) is 0 Å². The third-order valence-electron chi connectivity index (χ3n) is 14.8. The third kappa shape index (κ3) is 8.22. The summed E-state index contributed by atoms with van der Waals surface area (Å²) in [6.07, 6.45) is 0. The lowest BCUT2D eigenvalue weighted by molar-refractivity contribution is 0.104. The SMILES string of the molecule is CC(C)(C)c1ccc2c(c1)c1cc(C(C)(C)C)ccc1n2-c1ccc(C#Cc2ccc3c(c2)C(=O)c2cc(C#Cc4ccc(-n5c6ccc(C(C)(C)C)cc6c6cc(C(C)(C)C)ccc65)cc4)ccc2-3)cc1. The number of carbonyl (C=O) groups excluding carboxylic acids is 1. The number of hydrogen-bond acceptors (Lipinski definition) is 1. The minimum absolute atomic E-state index is 0.00633. The Morgan fingerprint density at radius 3 is 0.833 bits per heavy atom. The Morgan fingerprint density at radius 1 is 0.292 bits per heavy atom. The second-order valence-corrected chi connectivity index (χ2v) is 24.0. The van der Waals surface area contributed by atoms with Gasteiger partial charge in [-0.2, -0.15) is 0 Å². The van der Waals surface area contributed by atoms with Crippen LogP contribution in [-0.4, -0.2) is 14.9 Å². The number of fused-ring (bicyclic) bond motifs is 9. The molecular formula is C69H62N2O. The lowest BCUT2D eigenvalue weighted by Crippen LogP contribution is -2.10. The number of carbonyl (C=O) groups is 1. The molecule has 0 N–H and O–H groups in total. The lowest BCUT2D eigenvalue weighted by atomic mass is 9.85. The maximum Gasteiger partial charge on any atom is 0.194 e. The van der Waals surface area contributed by atoms with Crippen LogP contribution in [0.15, 0.2) is 158 Å². The second kappa shape index (κ2) is 16.6. The molecule has 1 aliphatic rings. The molecule has 0 spiro atoms. The van der Waals surface area contributed by atoms with Gasteiger partial charge in [0.05, 0.1) is 22.1 Å². The molecule has 8 aromatic carbocycles. The van der Waals surface area contributed by atoms with Crippen molar-refractivity contribution in [2.75, 3.05) is 0 Å². The third-order valence-corrected chi connectivity index (χ3v) is 14.8. The van der Waals surface area contributed by atoms with Crippen molar-refractivity contribution in [3.05, 3.63) is 213 Å². The predicted molar refractivity (Wildman–Crippen MR) is 304 cm³/mol. The fourth-order valence-electron chi connectivity index (χ4n) is 10.4. The van der Waals surface area contributed by atoms with Crippen LogP contribution in [0.3, 0.4) is 0 Å². The summed E-state index contributed by atoms with van der Waals surface area (Å²) in [5, 5.41) is 5.08. The van der Waals surface area contributed by atoms with Gasteiger partial charge in [0.15, 0.2) is 5.78 Å². The topological polar surface area (TPSA) is 26.9 Å². The normalized spacial score (nSPS) is 12.8. The van der Waals surface area contributed by atoms with Gasteiger partial charge in [-0.3, -0.25) is 4.79 Å². The van der Waals surface area contributed by atoms with E-state index in [0.29, 0.717) is 11.1 Å². The van der Waals surface area contributed by atoms with Crippen LogP contribution in [0.25, 0.3) is 66.1 Å². The van der Waals surface area contributed by atoms with E-state index in [4.69, 9.17) is 0 Å². The van der Waals surface area contributed by atoms with E-state index in [1.807, 2.05) is 36.4 Å². The Bertz CT molecular complexity index is 3600. The van der Waals surface area contributed by atoms with Crippen molar-refractivity contribution in [2.45, 2.75) is 105 Å². The zero-order valence-corrected chi connectivity index (χ0v) is 43.8. The molecule has 11 rings (SSSR count). The van der Waals surface area contributed by atoms with Gasteiger partial charge in [-0.15, -0.1) is 0 Å². The van der Waals surface area contributed by atoms with Gasteiger partial charge in [0.2, 0.25) is 0 Å². The smallest absolute Gasteiger partial charge is 0.194 e. The molecule has 3 heteroatoms. The number of benzene rings is 8. The fraction of sp³-hybridized carbons (Fsp3) is 0.232. The molecule has 72 heavy (non-hydrogen) atoms. The van der Waals surface area contributed by atoms with E-state index >= 15 is 0 Å². The van der Waals surface area contributed by atoms with Crippen LogP contribution in [0.5, 0.6) is 0 Å². The van der Waals surface area contributed by atoms with Gasteiger partial charge < -0.3 is 9.13 Å². The summed E-state index contributed by atoms with van der Waals surface area (Å²) in [7, 11) is 0. The van der Waals surface area contributed by atoms with E-state index in [1.165, 1.54) is 65.9 Å². The van der Waals surface area contributed by atoms with Crippen molar-refractivity contribution in [1.29, 1.82) is 0 Å². The van der Waals surface area contributed by atoms with Gasteiger partial charge in [-0.05, 0) is 176 Å². The highest BCUT2D eigenvalue weighted by atomic mass is 16.1. The summed E-state index contributed by atoms with van der Waals surface area (Å²) in [5.74, 6) is 13.5. The standard InChI is InChI=1S/C69H62N2O/c1-66(2,3)47-23-33-61-55(39-47)56-40-48(67(4,5)6)24-34-62(56)70(61)51-27-17-43(18-28-51)13-15-45-21-31-53-54-32-22-46(38-60(54)65(72)59(53)37-45)16-14-44-19-29-52(30-20-44)71-63-35-25-49(68(7,8)9)41-57(63)58-42-50(69(10,11)12)26-36-64(58)71/h17-42H,1-12H3. The molecule has 10 aromatic rings. The highest BCUT2D eigenvalue weighted by Gasteiger charge is 2.28. The van der Waals surface area contributed by atoms with Crippen molar-refractivity contribution < 1.29 is 4.79 Å². The fourth-order valence-corrected chi connectivity index (χ4v) is 10.4. The van der Waals surface area contributed by atoms with Gasteiger partial charge in [-0.1, -0.05) is 143 Å². The zero-order valence-electron chi connectivity index (χ0n) is 43.8. The first kappa shape index (κ1) is 46.5. The monoisotopic (exact) mass is 934 g/mol. The Kier molecular flexibility index (Phi) is 10.7. The number of ketones is 1. The Hall–Kier alpha value is -7.85. The van der Waals surface area contributed by atoms with E-state index in [-0.39, 0.29) is 27.4 Å². The average Bonchev–Trinajstić information content (AvgIpc) is 3.95. The van der Waals surface area contributed by atoms with Crippen molar-refractivity contribution in [3.8, 4) is 46.2 Å². The highest BCUT2D eigenvalue weighted by Crippen LogP contribution is 2.41. The van der Waals surface area contributed by atoms with Crippen LogP contribution in [-0.2, 0) is 21.7 Å². The van der Waals surface area contributed by atoms with Crippen molar-refractivity contribution in [1.82, 2.24) is 9.13 Å². The number of aromatic nitrogens is 2. The largest absolute Gasteiger partial charge is 0.309 e. The van der Waals surface area contributed by atoms with Crippen LogP contribution in [0.4, 0.5) is 0 Å². The summed E-state index contributed by atoms with van der Waals surface area (Å²) in [5.41, 5.74) is 19.1. The summed E-state index contributed by atoms with van der Waals surface area (Å²) in [6.45, 7) is 27.3. The van der Waals surface area contributed by atoms with E-state index < -0.39 is 0 Å². The Balaban J connectivity index is 0.832. The second-order valence-electron chi connectivity index (χ2n) is 24.0. The molecule has 0 fully saturated rings. The quantitative estimate of drug-likeness (QED) is 0.159. The molecule has 2 aromatic heterocycles. The van der Waals surface area contributed by atoms with Crippen molar-refractivity contribution >= 4 is 49.4 Å². The highest BCUT2D eigenvalue weighted by molar-refractivity contribution is 6.22. The van der Waals surface area contributed by atoms with E-state index in [1.54, 1.807) is 0 Å². The predicted octanol–water partition coefficient (Wildman–Crippen LogP) is 17.1. The molecule has 1 aliphatic carbocycles. The molecule has 0 aliphatic heterocycles. The number of nitrogens with zero attached hydrogens (tertiary/aromatic N) is 2. The number of hydrogen-bond donors (Lipinski definition) is 0. The molecule has 0 bridgehead atoms. The molecular weight excluding hydrogens is 873 g/mol. The molecule has 0 radical (unpaired) electrons. The first-order chi connectivity index (χ1) is 34.1. The number of rotatable bonds is 2. The van der Waals surface area contributed by atoms with Gasteiger partial charge >= 0.3 is 0 Å². The molecule has 0 atom stereocenters. The first-order valence-corrected chi connectivity index (χ1v) is 25.4. The maximum absolute atomic E-state index is 14.0. The van der Waals surface area contributed by atoms with Gasteiger partial charge in [0.1, 0.15) is 0 Å². The maximum atomic E-state index is 14.0. The van der Waals surface area contributed by atoms with Gasteiger partial charge in [0, 0.05) is 66.3 Å². The summed E-state index contributed by atoms with van der Waals surface area (Å²) < 4.78 is 4.74. The lowest BCUT2D eigenvalue weighted by Gasteiger charge is -2.19. The average molecular weight is 935 g/mol. The van der Waals surface area contributed by atoms with Crippen LogP contribution in [0.2, 0.25) is 0 Å². The molecule has 0 saturated heterocycles. The van der Waals surface area contributed by atoms with Crippen LogP contribution in [0, 0.1) is 23.7 Å². The van der Waals surface area contributed by atoms with E-state index in [0.717, 1.165) is 44.8 Å². The van der Waals surface area contributed by atoms with Crippen LogP contribution >= 0.6 is 0 Å².